The molecule has 2 saturated heterocycles. The third kappa shape index (κ3) is 20.6. The number of ether oxygens (including phenoxy) is 32. The van der Waals surface area contributed by atoms with Gasteiger partial charge in [0.15, 0.2) is 111 Å². The first-order valence-corrected chi connectivity index (χ1v) is 37.5. The molecular weight excluding hydrogens is 1670 g/mol. The first kappa shape index (κ1) is 95.6. The number of rotatable bonds is 42. The summed E-state index contributed by atoms with van der Waals surface area (Å²) < 4.78 is 191. The molecule has 0 aromatic heterocycles. The molecule has 0 radical (unpaired) electrons. The Bertz CT molecular complexity index is 4940. The van der Waals surface area contributed by atoms with Crippen molar-refractivity contribution in [1.82, 2.24) is 0 Å². The Hall–Kier alpha value is -14.3. The van der Waals surface area contributed by atoms with Gasteiger partial charge in [-0.1, -0.05) is 6.08 Å². The molecule has 9 rings (SSSR count). The highest BCUT2D eigenvalue weighted by Crippen LogP contribution is 2.49. The zero-order valence-electron chi connectivity index (χ0n) is 72.8. The molecule has 0 spiro atoms. The highest BCUT2D eigenvalue weighted by Gasteiger charge is 2.66. The van der Waals surface area contributed by atoms with Crippen LogP contribution in [0.15, 0.2) is 97.1 Å². The van der Waals surface area contributed by atoms with Crippen molar-refractivity contribution in [1.29, 1.82) is 0 Å². The van der Waals surface area contributed by atoms with Crippen LogP contribution in [0.25, 0.3) is 0 Å². The molecule has 2 aliphatic heterocycles. The minimum Gasteiger partial charge on any atom is -0.493 e. The van der Waals surface area contributed by atoms with Crippen LogP contribution in [0.2, 0.25) is 0 Å². The Balaban J connectivity index is 1.43. The van der Waals surface area contributed by atoms with Crippen LogP contribution in [0.1, 0.15) is 79.4 Å². The Morgan fingerprint density at radius 1 is 0.278 bits per heavy atom. The van der Waals surface area contributed by atoms with E-state index in [1.807, 2.05) is 0 Å². The van der Waals surface area contributed by atoms with Crippen LogP contribution >= 0.6 is 0 Å². The fourth-order valence-corrected chi connectivity index (χ4v) is 13.4. The lowest BCUT2D eigenvalue weighted by molar-refractivity contribution is -0.380. The van der Waals surface area contributed by atoms with Crippen LogP contribution in [0.3, 0.4) is 0 Å². The fraction of sp³-hybridized carbons (Fsp3) is 0.395. The molecule has 40 heteroatoms. The highest BCUT2D eigenvalue weighted by molar-refractivity contribution is 5.96. The van der Waals surface area contributed by atoms with Crippen molar-refractivity contribution in [2.45, 2.75) is 61.7 Å². The van der Waals surface area contributed by atoms with E-state index >= 15 is 33.6 Å². The van der Waals surface area contributed by atoms with E-state index in [9.17, 15) is 4.79 Å². The minimum atomic E-state index is -3.35. The van der Waals surface area contributed by atoms with Crippen molar-refractivity contribution in [2.75, 3.05) is 169 Å². The summed E-state index contributed by atoms with van der Waals surface area (Å²) in [6, 6.07) is 16.4. The smallest absolute Gasteiger partial charge is 0.339 e. The summed E-state index contributed by atoms with van der Waals surface area (Å²) in [7, 11) is 26.5. The van der Waals surface area contributed by atoms with Gasteiger partial charge in [-0.15, -0.1) is 0 Å². The van der Waals surface area contributed by atoms with Gasteiger partial charge in [-0.2, -0.15) is 0 Å². The predicted octanol–water partition coefficient (Wildman–Crippen LogP) is 8.96. The number of hydrogen-bond acceptors (Lipinski definition) is 40. The van der Waals surface area contributed by atoms with E-state index in [-0.39, 0.29) is 137 Å². The molecule has 7 aromatic carbocycles. The quantitative estimate of drug-likeness (QED) is 0.0195. The number of allylic oxidation sites excluding steroid dienone is 1. The van der Waals surface area contributed by atoms with Gasteiger partial charge >= 0.3 is 47.8 Å². The van der Waals surface area contributed by atoms with E-state index < -0.39 is 145 Å². The van der Waals surface area contributed by atoms with Crippen LogP contribution < -0.4 is 99.5 Å². The lowest BCUT2D eigenvalue weighted by atomic mass is 9.97. The molecule has 0 aliphatic carbocycles. The van der Waals surface area contributed by atoms with Crippen molar-refractivity contribution in [3.05, 3.63) is 136 Å². The summed E-state index contributed by atoms with van der Waals surface area (Å²) in [5.74, 6) is -15.5. The number of carbonyl (C=O) groups excluding carboxylic acids is 8. The van der Waals surface area contributed by atoms with Gasteiger partial charge in [0.25, 0.3) is 0 Å². The second kappa shape index (κ2) is 43.7. The van der Waals surface area contributed by atoms with Gasteiger partial charge < -0.3 is 152 Å². The maximum Gasteiger partial charge on any atom is 0.339 e. The van der Waals surface area contributed by atoms with E-state index in [0.717, 1.165) is 42.5 Å². The molecule has 2 fully saturated rings. The van der Waals surface area contributed by atoms with Crippen molar-refractivity contribution in [2.24, 2.45) is 0 Å². The number of hydrogen-bond donors (Lipinski definition) is 0. The standard InChI is InChI=1S/C86H96O40/c1-23-24-65(87)116-40-64-74(121-81(91)45-31-55(101-8)69(112-19)56(32-45)102-9)77(124-84(94)48-37-61(107-14)72(115-22)62(38-48)108-15)86(125-64,41-118-79(89)43-27-51(97-4)67(110-17)52(28-43)98-5)126-85-76(123-83(93)47-35-59(105-12)71(114-21)60(36-47)106-13)75(122-82(92)46-33-57(103-10)70(113-20)58(34-46)104-11)73(120-80(90)44-29-53(99-6)68(111-18)54(30-44)100-7)63(119-85)39-117-78(88)42-25-49(95-2)66(109-16)50(26-42)96-3/h23-38,63-64,73-77,85H,39-41H2,1-22H3/b24-23+/t63-,64-,73-,74-,75+,76-,77+,85-,86+/m1/s1. The fourth-order valence-electron chi connectivity index (χ4n) is 13.4. The number of carbonyl (C=O) groups is 8. The van der Waals surface area contributed by atoms with E-state index in [0.29, 0.717) is 0 Å². The topological polar surface area (TPSA) is 432 Å². The summed E-state index contributed by atoms with van der Waals surface area (Å²) >= 11 is 0. The number of esters is 8. The van der Waals surface area contributed by atoms with Crippen molar-refractivity contribution >= 4 is 47.8 Å². The van der Waals surface area contributed by atoms with Crippen LogP contribution in [0.4, 0.5) is 0 Å². The molecule has 2 aliphatic rings. The van der Waals surface area contributed by atoms with Gasteiger partial charge in [-0.3, -0.25) is 0 Å². The van der Waals surface area contributed by atoms with Crippen LogP contribution in [-0.4, -0.2) is 272 Å². The largest absolute Gasteiger partial charge is 0.493 e. The average molecular weight is 1770 g/mol. The van der Waals surface area contributed by atoms with Gasteiger partial charge in [0.1, 0.15) is 32.0 Å². The van der Waals surface area contributed by atoms with Crippen LogP contribution in [0.5, 0.6) is 121 Å². The first-order chi connectivity index (χ1) is 60.7. The average Bonchev–Trinajstić information content (AvgIpc) is 1.50. The molecule has 0 amide bonds. The van der Waals surface area contributed by atoms with Crippen molar-refractivity contribution < 1.29 is 190 Å². The summed E-state index contributed by atoms with van der Waals surface area (Å²) in [5, 5.41) is 0. The SMILES string of the molecule is C/C=C/C(=O)OC[C@H]1O[C@@](COC(=O)c2cc(OC)c(OC)c(OC)c2)(O[C@H]2O[C@H](COC(=O)c3cc(OC)c(OC)c(OC)c3)[C@@H](OC(=O)c3cc(OC)c(OC)c(OC)c3)[C@H](OC(=O)c3cc(OC)c(OC)c(OC)c3)[C@H]2OC(=O)c2cc(OC)c(OC)c(OC)c2)[C@@H](OC(=O)c2cc(OC)c(OC)c(OC)c2)[C@@H]1OC(=O)c1cc(OC)c(OC)c(OC)c1. The number of methoxy groups -OCH3 is 21. The summed E-state index contributed by atoms with van der Waals surface area (Å²) in [6.45, 7) is -2.23. The van der Waals surface area contributed by atoms with Gasteiger partial charge in [-0.25, -0.2) is 38.4 Å². The molecule has 9 atom stereocenters. The van der Waals surface area contributed by atoms with Crippen LogP contribution in [0, 0.1) is 0 Å². The molecular formula is C86H96O40. The van der Waals surface area contributed by atoms with Gasteiger partial charge in [0, 0.05) is 6.08 Å². The molecule has 680 valence electrons. The van der Waals surface area contributed by atoms with Crippen LogP contribution in [-0.2, 0) is 56.9 Å². The third-order valence-electron chi connectivity index (χ3n) is 19.3. The third-order valence-corrected chi connectivity index (χ3v) is 19.3. The maximum absolute atomic E-state index is 16.1. The molecule has 0 N–H and O–H groups in total. The molecule has 0 saturated carbocycles. The summed E-state index contributed by atoms with van der Waals surface area (Å²) in [6.07, 6.45) is -17.1. The second-order valence-corrected chi connectivity index (χ2v) is 26.1. The predicted molar refractivity (Wildman–Crippen MR) is 432 cm³/mol. The van der Waals surface area contributed by atoms with E-state index in [1.54, 1.807) is 0 Å². The molecule has 7 aromatic rings. The van der Waals surface area contributed by atoms with Gasteiger partial charge in [-0.05, 0) is 91.9 Å². The maximum atomic E-state index is 16.1. The summed E-state index contributed by atoms with van der Waals surface area (Å²) in [4.78, 5) is 124. The lowest BCUT2D eigenvalue weighted by Gasteiger charge is -2.46. The second-order valence-electron chi connectivity index (χ2n) is 26.1. The summed E-state index contributed by atoms with van der Waals surface area (Å²) in [5.41, 5.74) is -2.78. The van der Waals surface area contributed by atoms with Crippen molar-refractivity contribution in [3.8, 4) is 121 Å². The molecule has 0 unspecified atom stereocenters. The Morgan fingerprint density at radius 2 is 0.516 bits per heavy atom. The monoisotopic (exact) mass is 1770 g/mol. The zero-order chi connectivity index (χ0) is 92.0. The van der Waals surface area contributed by atoms with Crippen molar-refractivity contribution in [3.63, 3.8) is 0 Å². The number of benzene rings is 7. The van der Waals surface area contributed by atoms with Gasteiger partial charge in [0.05, 0.1) is 188 Å². The lowest BCUT2D eigenvalue weighted by Crippen LogP contribution is -2.66. The Kier molecular flexibility index (Phi) is 33.1. The van der Waals surface area contributed by atoms with E-state index in [1.165, 1.54) is 211 Å². The van der Waals surface area contributed by atoms with E-state index in [4.69, 9.17) is 152 Å². The molecule has 2 heterocycles. The normalized spacial score (nSPS) is 17.9. The Morgan fingerprint density at radius 3 is 0.786 bits per heavy atom. The molecule has 40 nitrogen and oxygen atoms in total. The minimum absolute atomic E-state index is 0.000445. The zero-order valence-corrected chi connectivity index (χ0v) is 72.8. The molecule has 0 bridgehead atoms. The highest BCUT2D eigenvalue weighted by atomic mass is 16.8. The Labute approximate surface area is 722 Å². The van der Waals surface area contributed by atoms with E-state index in [2.05, 4.69) is 0 Å². The van der Waals surface area contributed by atoms with Gasteiger partial charge in [0.2, 0.25) is 52.3 Å². The molecule has 126 heavy (non-hydrogen) atoms. The first-order valence-electron chi connectivity index (χ1n) is 37.5.